The van der Waals surface area contributed by atoms with Gasteiger partial charge in [0.15, 0.2) is 11.6 Å². The van der Waals surface area contributed by atoms with Crippen molar-refractivity contribution in [3.8, 4) is 28.8 Å². The van der Waals surface area contributed by atoms with Gasteiger partial charge in [-0.05, 0) is 25.0 Å². The van der Waals surface area contributed by atoms with Crippen molar-refractivity contribution in [2.45, 2.75) is 12.8 Å². The Bertz CT molecular complexity index is 1240. The fourth-order valence-electron chi connectivity index (χ4n) is 3.26. The number of nitrogens with two attached hydrogens (primary N) is 1. The van der Waals surface area contributed by atoms with Crippen LogP contribution in [0.5, 0.6) is 0 Å². The second-order valence-electron chi connectivity index (χ2n) is 6.87. The molecule has 0 aliphatic heterocycles. The number of oxazole rings is 1. The molecule has 0 fully saturated rings. The van der Waals surface area contributed by atoms with Gasteiger partial charge in [0.05, 0.1) is 17.5 Å². The molecule has 2 heterocycles. The van der Waals surface area contributed by atoms with E-state index in [1.54, 1.807) is 18.3 Å². The number of aromatic nitrogens is 3. The molecule has 2 aromatic carbocycles. The highest BCUT2D eigenvalue weighted by atomic mass is 16.4. The van der Waals surface area contributed by atoms with Gasteiger partial charge in [0.1, 0.15) is 11.6 Å². The molecule has 0 radical (unpaired) electrons. The quantitative estimate of drug-likeness (QED) is 0.398. The molecule has 0 aliphatic carbocycles. The van der Waals surface area contributed by atoms with Gasteiger partial charge >= 0.3 is 0 Å². The maximum absolute atomic E-state index is 12.8. The SMILES string of the molecule is N#Cc1c(N)n[nH]c1CCCNC(=O)c1ccccc1-c1ncc(-c2ccccc2)o1. The van der Waals surface area contributed by atoms with E-state index < -0.39 is 0 Å². The second kappa shape index (κ2) is 8.97. The number of aryl methyl sites for hydroxylation is 1. The highest BCUT2D eigenvalue weighted by Crippen LogP contribution is 2.28. The van der Waals surface area contributed by atoms with Crippen LogP contribution < -0.4 is 11.1 Å². The molecule has 0 atom stereocenters. The van der Waals surface area contributed by atoms with E-state index in [9.17, 15) is 4.79 Å². The zero-order chi connectivity index (χ0) is 21.6. The lowest BCUT2D eigenvalue weighted by Crippen LogP contribution is -2.25. The molecule has 0 unspecified atom stereocenters. The number of carbonyl (C=O) groups excluding carboxylic acids is 1. The Labute approximate surface area is 178 Å². The van der Waals surface area contributed by atoms with Crippen molar-refractivity contribution in [3.63, 3.8) is 0 Å². The molecule has 4 aromatic rings. The summed E-state index contributed by atoms with van der Waals surface area (Å²) in [6.45, 7) is 0.428. The van der Waals surface area contributed by atoms with Crippen LogP contribution in [-0.2, 0) is 6.42 Å². The van der Waals surface area contributed by atoms with Gasteiger partial charge in [-0.25, -0.2) is 4.98 Å². The molecule has 8 heteroatoms. The third-order valence-electron chi connectivity index (χ3n) is 4.84. The second-order valence-corrected chi connectivity index (χ2v) is 6.87. The predicted molar refractivity (Wildman–Crippen MR) is 116 cm³/mol. The van der Waals surface area contributed by atoms with Crippen LogP contribution in [0.2, 0.25) is 0 Å². The van der Waals surface area contributed by atoms with Crippen molar-refractivity contribution in [2.75, 3.05) is 12.3 Å². The molecule has 0 aliphatic rings. The Kier molecular flexibility index (Phi) is 5.76. The largest absolute Gasteiger partial charge is 0.436 e. The van der Waals surface area contributed by atoms with Crippen molar-refractivity contribution in [2.24, 2.45) is 0 Å². The van der Waals surface area contributed by atoms with Crippen molar-refractivity contribution in [1.29, 1.82) is 5.26 Å². The Morgan fingerprint density at radius 2 is 1.94 bits per heavy atom. The summed E-state index contributed by atoms with van der Waals surface area (Å²) in [5.41, 5.74) is 8.68. The van der Waals surface area contributed by atoms with E-state index in [2.05, 4.69) is 20.5 Å². The van der Waals surface area contributed by atoms with Gasteiger partial charge in [-0.3, -0.25) is 9.89 Å². The fraction of sp³-hybridized carbons (Fsp3) is 0.130. The Morgan fingerprint density at radius 1 is 1.16 bits per heavy atom. The van der Waals surface area contributed by atoms with Gasteiger partial charge in [-0.1, -0.05) is 42.5 Å². The number of carbonyl (C=O) groups is 1. The van der Waals surface area contributed by atoms with E-state index in [0.717, 1.165) is 5.56 Å². The van der Waals surface area contributed by atoms with Gasteiger partial charge in [-0.2, -0.15) is 10.4 Å². The first kappa shape index (κ1) is 19.9. The molecule has 4 rings (SSSR count). The molecule has 0 saturated carbocycles. The van der Waals surface area contributed by atoms with E-state index in [-0.39, 0.29) is 11.7 Å². The first-order valence-electron chi connectivity index (χ1n) is 9.79. The van der Waals surface area contributed by atoms with E-state index >= 15 is 0 Å². The van der Waals surface area contributed by atoms with Crippen LogP contribution in [-0.4, -0.2) is 27.6 Å². The minimum absolute atomic E-state index is 0.191. The van der Waals surface area contributed by atoms with Crippen LogP contribution in [0.25, 0.3) is 22.8 Å². The number of nitrogens with zero attached hydrogens (tertiary/aromatic N) is 3. The normalized spacial score (nSPS) is 10.5. The van der Waals surface area contributed by atoms with Crippen LogP contribution >= 0.6 is 0 Å². The number of benzene rings is 2. The highest BCUT2D eigenvalue weighted by Gasteiger charge is 2.17. The van der Waals surface area contributed by atoms with Gasteiger partial charge < -0.3 is 15.5 Å². The third kappa shape index (κ3) is 4.31. The number of rotatable bonds is 7. The number of hydrogen-bond acceptors (Lipinski definition) is 6. The maximum Gasteiger partial charge on any atom is 0.252 e. The molecule has 2 aromatic heterocycles. The van der Waals surface area contributed by atoms with Gasteiger partial charge in [0, 0.05) is 17.7 Å². The maximum atomic E-state index is 12.8. The number of aromatic amines is 1. The molecule has 0 bridgehead atoms. The standard InChI is InChI=1S/C23H20N6O2/c24-13-18-19(28-29-21(18)25)11-6-12-26-22(30)16-9-4-5-10-17(16)23-27-14-20(31-23)15-7-2-1-3-8-15/h1-5,7-10,14H,6,11-12H2,(H,26,30)(H3,25,28,29). The van der Waals surface area contributed by atoms with Crippen LogP contribution in [0.15, 0.2) is 65.2 Å². The minimum Gasteiger partial charge on any atom is -0.436 e. The highest BCUT2D eigenvalue weighted by molar-refractivity contribution is 6.00. The zero-order valence-corrected chi connectivity index (χ0v) is 16.6. The smallest absolute Gasteiger partial charge is 0.252 e. The summed E-state index contributed by atoms with van der Waals surface area (Å²) in [4.78, 5) is 17.1. The Morgan fingerprint density at radius 3 is 2.74 bits per heavy atom. The summed E-state index contributed by atoms with van der Waals surface area (Å²) in [7, 11) is 0. The lowest BCUT2D eigenvalue weighted by atomic mass is 10.1. The first-order chi connectivity index (χ1) is 15.2. The van der Waals surface area contributed by atoms with Crippen molar-refractivity contribution >= 4 is 11.7 Å². The lowest BCUT2D eigenvalue weighted by Gasteiger charge is -2.08. The zero-order valence-electron chi connectivity index (χ0n) is 16.6. The number of anilines is 1. The molecule has 8 nitrogen and oxygen atoms in total. The van der Waals surface area contributed by atoms with E-state index in [4.69, 9.17) is 15.4 Å². The molecule has 0 spiro atoms. The van der Waals surface area contributed by atoms with Crippen LogP contribution in [0.3, 0.4) is 0 Å². The fourth-order valence-corrected chi connectivity index (χ4v) is 3.26. The average Bonchev–Trinajstić information content (AvgIpc) is 3.44. The number of amides is 1. The van der Waals surface area contributed by atoms with E-state index in [1.807, 2.05) is 48.5 Å². The molecule has 31 heavy (non-hydrogen) atoms. The number of hydrogen-bond donors (Lipinski definition) is 3. The minimum atomic E-state index is -0.223. The summed E-state index contributed by atoms with van der Waals surface area (Å²) in [6, 6.07) is 18.9. The number of nitrogens with one attached hydrogen (secondary N) is 2. The summed E-state index contributed by atoms with van der Waals surface area (Å²) >= 11 is 0. The molecular formula is C23H20N6O2. The van der Waals surface area contributed by atoms with E-state index in [0.29, 0.717) is 53.4 Å². The van der Waals surface area contributed by atoms with Crippen LogP contribution in [0.4, 0.5) is 5.82 Å². The molecule has 1 amide bonds. The molecule has 154 valence electrons. The number of nitriles is 1. The average molecular weight is 412 g/mol. The van der Waals surface area contributed by atoms with Crippen molar-refractivity contribution < 1.29 is 9.21 Å². The number of H-pyrrole nitrogens is 1. The molecule has 4 N–H and O–H groups in total. The summed E-state index contributed by atoms with van der Waals surface area (Å²) < 4.78 is 5.91. The van der Waals surface area contributed by atoms with E-state index in [1.165, 1.54) is 0 Å². The summed E-state index contributed by atoms with van der Waals surface area (Å²) in [5, 5.41) is 18.6. The topological polar surface area (TPSA) is 134 Å². The van der Waals surface area contributed by atoms with Crippen LogP contribution in [0.1, 0.15) is 28.0 Å². The molecule has 0 saturated heterocycles. The number of nitrogen functional groups attached to an aromatic ring is 1. The first-order valence-corrected chi connectivity index (χ1v) is 9.79. The summed E-state index contributed by atoms with van der Waals surface area (Å²) in [6.07, 6.45) is 2.83. The van der Waals surface area contributed by atoms with Gasteiger partial charge in [0.2, 0.25) is 5.89 Å². The predicted octanol–water partition coefficient (Wildman–Crippen LogP) is 3.55. The van der Waals surface area contributed by atoms with Crippen molar-refractivity contribution in [3.05, 3.63) is 77.6 Å². The Balaban J connectivity index is 1.43. The summed E-state index contributed by atoms with van der Waals surface area (Å²) in [5.74, 6) is 0.991. The Hall–Kier alpha value is -4.38. The van der Waals surface area contributed by atoms with Crippen molar-refractivity contribution in [1.82, 2.24) is 20.5 Å². The third-order valence-corrected chi connectivity index (χ3v) is 4.84. The van der Waals surface area contributed by atoms with Crippen LogP contribution in [0, 0.1) is 11.3 Å². The molecular weight excluding hydrogens is 392 g/mol. The van der Waals surface area contributed by atoms with Gasteiger partial charge in [-0.15, -0.1) is 0 Å². The van der Waals surface area contributed by atoms with Gasteiger partial charge in [0.25, 0.3) is 5.91 Å². The monoisotopic (exact) mass is 412 g/mol. The lowest BCUT2D eigenvalue weighted by molar-refractivity contribution is 0.0953.